The predicted octanol–water partition coefficient (Wildman–Crippen LogP) is 2.17. The first-order valence-corrected chi connectivity index (χ1v) is 6.24. The van der Waals surface area contributed by atoms with Crippen molar-refractivity contribution in [2.24, 2.45) is 0 Å². The van der Waals surface area contributed by atoms with Gasteiger partial charge < -0.3 is 14.8 Å². The summed E-state index contributed by atoms with van der Waals surface area (Å²) in [5.74, 6) is 0.334. The number of methoxy groups -OCH3 is 2. The molecule has 0 unspecified atom stereocenters. The Morgan fingerprint density at radius 3 is 2.67 bits per heavy atom. The number of hydrogen-bond donors (Lipinski definition) is 1. The first-order valence-electron chi connectivity index (χ1n) is 6.24. The van der Waals surface area contributed by atoms with E-state index < -0.39 is 5.95 Å². The van der Waals surface area contributed by atoms with Crippen LogP contribution in [0, 0.1) is 5.95 Å². The van der Waals surface area contributed by atoms with Crippen LogP contribution in [0.15, 0.2) is 36.5 Å². The van der Waals surface area contributed by atoms with Gasteiger partial charge in [0, 0.05) is 24.4 Å². The Balaban J connectivity index is 2.05. The van der Waals surface area contributed by atoms with Gasteiger partial charge in [0.05, 0.1) is 19.8 Å². The van der Waals surface area contributed by atoms with Crippen molar-refractivity contribution in [3.8, 4) is 11.5 Å². The van der Waals surface area contributed by atoms with Crippen molar-refractivity contribution < 1.29 is 18.7 Å². The lowest BCUT2D eigenvalue weighted by atomic mass is 10.2. The SMILES string of the molecule is COc1ccc(CNC(=O)c2ccc(F)nc2)c(OC)c1. The van der Waals surface area contributed by atoms with Gasteiger partial charge in [-0.2, -0.15) is 4.39 Å². The van der Waals surface area contributed by atoms with Gasteiger partial charge in [-0.05, 0) is 24.3 Å². The lowest BCUT2D eigenvalue weighted by molar-refractivity contribution is 0.0950. The van der Waals surface area contributed by atoms with E-state index in [9.17, 15) is 9.18 Å². The second-order valence-corrected chi connectivity index (χ2v) is 4.23. The Morgan fingerprint density at radius 1 is 1.24 bits per heavy atom. The predicted molar refractivity (Wildman–Crippen MR) is 74.9 cm³/mol. The van der Waals surface area contributed by atoms with Crippen molar-refractivity contribution >= 4 is 5.91 Å². The van der Waals surface area contributed by atoms with E-state index in [1.54, 1.807) is 32.4 Å². The van der Waals surface area contributed by atoms with E-state index in [0.717, 1.165) is 11.6 Å². The van der Waals surface area contributed by atoms with E-state index in [1.807, 2.05) is 0 Å². The summed E-state index contributed by atoms with van der Waals surface area (Å²) in [7, 11) is 3.11. The lowest BCUT2D eigenvalue weighted by Crippen LogP contribution is -2.23. The van der Waals surface area contributed by atoms with Crippen LogP contribution in [0.4, 0.5) is 4.39 Å². The Hall–Kier alpha value is -2.63. The van der Waals surface area contributed by atoms with Crippen LogP contribution in [0.25, 0.3) is 0 Å². The average molecular weight is 290 g/mol. The molecule has 0 fully saturated rings. The Morgan fingerprint density at radius 2 is 2.05 bits per heavy atom. The molecule has 21 heavy (non-hydrogen) atoms. The van der Waals surface area contributed by atoms with Crippen LogP contribution >= 0.6 is 0 Å². The highest BCUT2D eigenvalue weighted by Crippen LogP contribution is 2.24. The van der Waals surface area contributed by atoms with Crippen LogP contribution in [0.5, 0.6) is 11.5 Å². The number of halogens is 1. The van der Waals surface area contributed by atoms with Crippen LogP contribution in [-0.4, -0.2) is 25.1 Å². The number of hydrogen-bond acceptors (Lipinski definition) is 4. The molecule has 2 rings (SSSR count). The molecule has 0 aliphatic carbocycles. The summed E-state index contributed by atoms with van der Waals surface area (Å²) >= 11 is 0. The smallest absolute Gasteiger partial charge is 0.253 e. The van der Waals surface area contributed by atoms with Gasteiger partial charge >= 0.3 is 0 Å². The number of amides is 1. The monoisotopic (exact) mass is 290 g/mol. The van der Waals surface area contributed by atoms with E-state index in [2.05, 4.69) is 10.3 Å². The number of carbonyl (C=O) groups excluding carboxylic acids is 1. The average Bonchev–Trinajstić information content (AvgIpc) is 2.53. The minimum atomic E-state index is -0.622. The molecule has 1 aromatic heterocycles. The van der Waals surface area contributed by atoms with Crippen LogP contribution in [0.2, 0.25) is 0 Å². The summed E-state index contributed by atoms with van der Waals surface area (Å²) < 4.78 is 23.1. The number of nitrogens with one attached hydrogen (secondary N) is 1. The van der Waals surface area contributed by atoms with E-state index in [1.165, 1.54) is 12.3 Å². The molecule has 5 nitrogen and oxygen atoms in total. The van der Waals surface area contributed by atoms with Crippen molar-refractivity contribution in [3.05, 3.63) is 53.6 Å². The van der Waals surface area contributed by atoms with E-state index in [4.69, 9.17) is 9.47 Å². The van der Waals surface area contributed by atoms with Crippen molar-refractivity contribution in [2.45, 2.75) is 6.54 Å². The molecule has 0 radical (unpaired) electrons. The first kappa shape index (κ1) is 14.8. The zero-order valence-corrected chi connectivity index (χ0v) is 11.7. The second-order valence-electron chi connectivity index (χ2n) is 4.23. The molecule has 110 valence electrons. The third-order valence-electron chi connectivity index (χ3n) is 2.92. The highest BCUT2D eigenvalue weighted by molar-refractivity contribution is 5.93. The fourth-order valence-corrected chi connectivity index (χ4v) is 1.79. The second kappa shape index (κ2) is 6.69. The third kappa shape index (κ3) is 3.68. The number of pyridine rings is 1. The maximum Gasteiger partial charge on any atom is 0.253 e. The van der Waals surface area contributed by atoms with Crippen molar-refractivity contribution in [1.82, 2.24) is 10.3 Å². The van der Waals surface area contributed by atoms with Crippen LogP contribution in [0.3, 0.4) is 0 Å². The normalized spacial score (nSPS) is 10.0. The van der Waals surface area contributed by atoms with Crippen LogP contribution in [-0.2, 0) is 6.54 Å². The molecule has 2 aromatic rings. The molecule has 6 heteroatoms. The Kier molecular flexibility index (Phi) is 4.71. The summed E-state index contributed by atoms with van der Waals surface area (Å²) in [5, 5.41) is 2.72. The third-order valence-corrected chi connectivity index (χ3v) is 2.92. The highest BCUT2D eigenvalue weighted by Gasteiger charge is 2.09. The molecule has 1 N–H and O–H groups in total. The van der Waals surface area contributed by atoms with Gasteiger partial charge in [0.2, 0.25) is 5.95 Å². The summed E-state index contributed by atoms with van der Waals surface area (Å²) in [5.41, 5.74) is 1.10. The van der Waals surface area contributed by atoms with Crippen molar-refractivity contribution in [1.29, 1.82) is 0 Å². The van der Waals surface area contributed by atoms with Gasteiger partial charge in [0.25, 0.3) is 5.91 Å². The van der Waals surface area contributed by atoms with Crippen LogP contribution < -0.4 is 14.8 Å². The van der Waals surface area contributed by atoms with Crippen molar-refractivity contribution in [2.75, 3.05) is 14.2 Å². The van der Waals surface area contributed by atoms with Gasteiger partial charge in [-0.25, -0.2) is 4.98 Å². The molecule has 1 amide bonds. The van der Waals surface area contributed by atoms with E-state index in [0.29, 0.717) is 17.1 Å². The van der Waals surface area contributed by atoms with E-state index in [-0.39, 0.29) is 12.5 Å². The number of nitrogens with zero attached hydrogens (tertiary/aromatic N) is 1. The maximum absolute atomic E-state index is 12.7. The molecule has 0 spiro atoms. The summed E-state index contributed by atoms with van der Waals surface area (Å²) in [4.78, 5) is 15.4. The fourth-order valence-electron chi connectivity index (χ4n) is 1.79. The number of benzene rings is 1. The number of carbonyl (C=O) groups is 1. The van der Waals surface area contributed by atoms with Crippen LogP contribution in [0.1, 0.15) is 15.9 Å². The Labute approximate surface area is 121 Å². The van der Waals surface area contributed by atoms with Gasteiger partial charge in [-0.1, -0.05) is 0 Å². The largest absolute Gasteiger partial charge is 0.497 e. The topological polar surface area (TPSA) is 60.5 Å². The summed E-state index contributed by atoms with van der Waals surface area (Å²) in [6.45, 7) is 0.281. The fraction of sp³-hybridized carbons (Fsp3) is 0.200. The standard InChI is InChI=1S/C15H15FN2O3/c1-20-12-5-3-10(13(7-12)21-2)8-18-15(19)11-4-6-14(16)17-9-11/h3-7,9H,8H2,1-2H3,(H,18,19). The Bertz CT molecular complexity index is 629. The number of ether oxygens (including phenoxy) is 2. The quantitative estimate of drug-likeness (QED) is 0.857. The minimum absolute atomic E-state index is 0.281. The number of rotatable bonds is 5. The molecule has 1 heterocycles. The molecule has 0 saturated carbocycles. The molecular weight excluding hydrogens is 275 g/mol. The zero-order valence-electron chi connectivity index (χ0n) is 11.7. The minimum Gasteiger partial charge on any atom is -0.497 e. The van der Waals surface area contributed by atoms with Crippen molar-refractivity contribution in [3.63, 3.8) is 0 Å². The first-order chi connectivity index (χ1) is 10.1. The zero-order chi connectivity index (χ0) is 15.2. The maximum atomic E-state index is 12.7. The molecule has 0 atom stereocenters. The molecule has 1 aromatic carbocycles. The summed E-state index contributed by atoms with van der Waals surface area (Å²) in [6, 6.07) is 7.84. The lowest BCUT2D eigenvalue weighted by Gasteiger charge is -2.11. The molecule has 0 saturated heterocycles. The molecular formula is C15H15FN2O3. The van der Waals surface area contributed by atoms with E-state index >= 15 is 0 Å². The van der Waals surface area contributed by atoms with Gasteiger partial charge in [0.15, 0.2) is 0 Å². The number of aromatic nitrogens is 1. The molecule has 0 bridgehead atoms. The summed E-state index contributed by atoms with van der Waals surface area (Å²) in [6.07, 6.45) is 1.19. The van der Waals surface area contributed by atoms with Gasteiger partial charge in [-0.3, -0.25) is 4.79 Å². The molecule has 0 aliphatic rings. The molecule has 0 aliphatic heterocycles. The van der Waals surface area contributed by atoms with Gasteiger partial charge in [0.1, 0.15) is 11.5 Å². The van der Waals surface area contributed by atoms with Gasteiger partial charge in [-0.15, -0.1) is 0 Å². The highest BCUT2D eigenvalue weighted by atomic mass is 19.1.